The molecule has 36 valence electrons. The van der Waals surface area contributed by atoms with Crippen LogP contribution in [0.15, 0.2) is 0 Å². The fourth-order valence-electron chi connectivity index (χ4n) is 0.382. The molecule has 0 aliphatic carbocycles. The van der Waals surface area contributed by atoms with Crippen LogP contribution in [-0.2, 0) is 0 Å². The number of rotatable bonds is 0. The maximum Gasteiger partial charge on any atom is 0.0437 e. The molecular formula is C4H10N2. The first-order chi connectivity index (χ1) is 2.63. The summed E-state index contributed by atoms with van der Waals surface area (Å²) < 4.78 is 0. The van der Waals surface area contributed by atoms with E-state index in [0.29, 0.717) is 5.54 Å². The zero-order chi connectivity index (χ0) is 4.78. The van der Waals surface area contributed by atoms with Gasteiger partial charge in [0.15, 0.2) is 0 Å². The molecule has 0 aromatic carbocycles. The molecule has 0 aromatic heterocycles. The fourth-order valence-corrected chi connectivity index (χ4v) is 0.382. The lowest BCUT2D eigenvalue weighted by Gasteiger charge is -1.93. The van der Waals surface area contributed by atoms with Crippen LogP contribution in [0.4, 0.5) is 0 Å². The van der Waals surface area contributed by atoms with Gasteiger partial charge in [0, 0.05) is 12.1 Å². The van der Waals surface area contributed by atoms with E-state index in [1.54, 1.807) is 0 Å². The average molecular weight is 86.1 g/mol. The van der Waals surface area contributed by atoms with Gasteiger partial charge in [-0.05, 0) is 13.8 Å². The predicted octanol–water partition coefficient (Wildman–Crippen LogP) is -0.0457. The summed E-state index contributed by atoms with van der Waals surface area (Å²) in [5.74, 6) is 5.33. The Morgan fingerprint density at radius 1 is 1.67 bits per heavy atom. The van der Waals surface area contributed by atoms with Crippen molar-refractivity contribution in [1.29, 1.82) is 0 Å². The summed E-state index contributed by atoms with van der Waals surface area (Å²) in [6.07, 6.45) is 0. The van der Waals surface area contributed by atoms with E-state index in [2.05, 4.69) is 13.8 Å². The van der Waals surface area contributed by atoms with Crippen LogP contribution in [0.5, 0.6) is 0 Å². The van der Waals surface area contributed by atoms with Crippen molar-refractivity contribution in [2.75, 3.05) is 6.54 Å². The molecule has 0 radical (unpaired) electrons. The number of hydrogen-bond acceptors (Lipinski definition) is 2. The standard InChI is InChI=1S/C4H10N2/c1-4(2)3-6(4)5/h3,5H2,1-2H3. The highest BCUT2D eigenvalue weighted by atomic mass is 15.6. The van der Waals surface area contributed by atoms with Crippen molar-refractivity contribution in [1.82, 2.24) is 5.01 Å². The molecule has 1 atom stereocenters. The third kappa shape index (κ3) is 0.420. The molecule has 0 bridgehead atoms. The molecular weight excluding hydrogens is 76.1 g/mol. The SMILES string of the molecule is CC1(C)CN1N. The van der Waals surface area contributed by atoms with Gasteiger partial charge in [-0.25, -0.2) is 5.01 Å². The van der Waals surface area contributed by atoms with E-state index in [4.69, 9.17) is 5.84 Å². The van der Waals surface area contributed by atoms with Crippen LogP contribution >= 0.6 is 0 Å². The van der Waals surface area contributed by atoms with E-state index in [1.165, 1.54) is 0 Å². The molecule has 0 aromatic rings. The highest BCUT2D eigenvalue weighted by molar-refractivity contribution is 4.94. The van der Waals surface area contributed by atoms with Crippen LogP contribution in [-0.4, -0.2) is 17.1 Å². The van der Waals surface area contributed by atoms with Crippen LogP contribution in [0.1, 0.15) is 13.8 Å². The second-order valence-corrected chi connectivity index (χ2v) is 2.44. The Balaban J connectivity index is 2.41. The minimum absolute atomic E-state index is 0.319. The minimum Gasteiger partial charge on any atom is -0.268 e. The second-order valence-electron chi connectivity index (χ2n) is 2.44. The van der Waals surface area contributed by atoms with Crippen LogP contribution in [0.25, 0.3) is 0 Å². The molecule has 6 heavy (non-hydrogen) atoms. The Morgan fingerprint density at radius 2 is 1.83 bits per heavy atom. The molecule has 2 N–H and O–H groups in total. The first kappa shape index (κ1) is 4.09. The number of hydrogen-bond donors (Lipinski definition) is 1. The smallest absolute Gasteiger partial charge is 0.0437 e. The van der Waals surface area contributed by atoms with E-state index >= 15 is 0 Å². The van der Waals surface area contributed by atoms with Crippen LogP contribution < -0.4 is 5.84 Å². The number of hydrazine groups is 1. The summed E-state index contributed by atoms with van der Waals surface area (Å²) in [7, 11) is 0. The van der Waals surface area contributed by atoms with Crippen molar-refractivity contribution in [3.8, 4) is 0 Å². The lowest BCUT2D eigenvalue weighted by Crippen LogP contribution is -2.15. The van der Waals surface area contributed by atoms with E-state index in [9.17, 15) is 0 Å². The summed E-state index contributed by atoms with van der Waals surface area (Å²) in [4.78, 5) is 0. The molecule has 1 fully saturated rings. The zero-order valence-electron chi connectivity index (χ0n) is 4.23. The molecule has 0 spiro atoms. The van der Waals surface area contributed by atoms with Gasteiger partial charge in [-0.15, -0.1) is 0 Å². The molecule has 1 heterocycles. The average Bonchev–Trinajstić information content (AvgIpc) is 1.73. The Labute approximate surface area is 37.9 Å². The molecule has 1 unspecified atom stereocenters. The maximum atomic E-state index is 5.33. The summed E-state index contributed by atoms with van der Waals surface area (Å²) >= 11 is 0. The van der Waals surface area contributed by atoms with E-state index in [1.807, 2.05) is 5.01 Å². The fraction of sp³-hybridized carbons (Fsp3) is 1.00. The third-order valence-corrected chi connectivity index (χ3v) is 1.23. The lowest BCUT2D eigenvalue weighted by molar-refractivity contribution is 0.469. The Kier molecular flexibility index (Phi) is 0.524. The van der Waals surface area contributed by atoms with Crippen LogP contribution in [0, 0.1) is 0 Å². The van der Waals surface area contributed by atoms with Crippen LogP contribution in [0.2, 0.25) is 0 Å². The monoisotopic (exact) mass is 86.1 g/mol. The van der Waals surface area contributed by atoms with Crippen molar-refractivity contribution in [3.63, 3.8) is 0 Å². The zero-order valence-corrected chi connectivity index (χ0v) is 4.23. The summed E-state index contributed by atoms with van der Waals surface area (Å²) in [6, 6.07) is 0. The molecule has 1 aliphatic heterocycles. The first-order valence-electron chi connectivity index (χ1n) is 2.15. The summed E-state index contributed by atoms with van der Waals surface area (Å²) in [5.41, 5.74) is 0.319. The van der Waals surface area contributed by atoms with E-state index in [-0.39, 0.29) is 0 Å². The molecule has 1 saturated heterocycles. The molecule has 2 nitrogen and oxygen atoms in total. The minimum atomic E-state index is 0.319. The second kappa shape index (κ2) is 0.768. The van der Waals surface area contributed by atoms with Crippen molar-refractivity contribution in [3.05, 3.63) is 0 Å². The topological polar surface area (TPSA) is 29.0 Å². The van der Waals surface area contributed by atoms with Gasteiger partial charge in [0.2, 0.25) is 0 Å². The van der Waals surface area contributed by atoms with E-state index in [0.717, 1.165) is 6.54 Å². The number of nitrogens with zero attached hydrogens (tertiary/aromatic N) is 1. The van der Waals surface area contributed by atoms with Gasteiger partial charge in [0.05, 0.1) is 0 Å². The van der Waals surface area contributed by atoms with Gasteiger partial charge in [-0.3, -0.25) is 5.84 Å². The van der Waals surface area contributed by atoms with Crippen LogP contribution in [0.3, 0.4) is 0 Å². The Bertz CT molecular complexity index is 67.9. The Morgan fingerprint density at radius 3 is 1.83 bits per heavy atom. The summed E-state index contributed by atoms with van der Waals surface area (Å²) in [5, 5.41) is 1.81. The van der Waals surface area contributed by atoms with Gasteiger partial charge in [0.1, 0.15) is 0 Å². The summed E-state index contributed by atoms with van der Waals surface area (Å²) in [6.45, 7) is 5.28. The molecule has 0 saturated carbocycles. The van der Waals surface area contributed by atoms with Crippen molar-refractivity contribution >= 4 is 0 Å². The van der Waals surface area contributed by atoms with Gasteiger partial charge in [0.25, 0.3) is 0 Å². The predicted molar refractivity (Wildman–Crippen MR) is 25.0 cm³/mol. The highest BCUT2D eigenvalue weighted by Gasteiger charge is 2.40. The van der Waals surface area contributed by atoms with Crippen molar-refractivity contribution < 1.29 is 0 Å². The lowest BCUT2D eigenvalue weighted by atomic mass is 10.2. The van der Waals surface area contributed by atoms with Gasteiger partial charge >= 0.3 is 0 Å². The van der Waals surface area contributed by atoms with Gasteiger partial charge in [-0.1, -0.05) is 0 Å². The molecule has 2 heteroatoms. The van der Waals surface area contributed by atoms with Crippen molar-refractivity contribution in [2.24, 2.45) is 5.84 Å². The Hall–Kier alpha value is -0.0800. The number of nitrogens with two attached hydrogens (primary N) is 1. The largest absolute Gasteiger partial charge is 0.268 e. The molecule has 1 rings (SSSR count). The third-order valence-electron chi connectivity index (χ3n) is 1.23. The van der Waals surface area contributed by atoms with E-state index < -0.39 is 0 Å². The first-order valence-corrected chi connectivity index (χ1v) is 2.15. The van der Waals surface area contributed by atoms with Crippen molar-refractivity contribution in [2.45, 2.75) is 19.4 Å². The molecule has 1 aliphatic rings. The quantitative estimate of drug-likeness (QED) is 0.331. The highest BCUT2D eigenvalue weighted by Crippen LogP contribution is 2.24. The van der Waals surface area contributed by atoms with Gasteiger partial charge < -0.3 is 0 Å². The van der Waals surface area contributed by atoms with Gasteiger partial charge in [-0.2, -0.15) is 0 Å². The normalized spacial score (nSPS) is 39.5. The maximum absolute atomic E-state index is 5.33. The molecule has 0 amide bonds.